The molecule has 3 rings (SSSR count). The number of fused-ring (bicyclic) bond motifs is 1. The standard InChI is InChI=1S/C14H9Cl2F3N2OS/c1-21-7(4-11(20-21)14(17,18)19)6-22-10-5-9(15)8-2-3-23-13(8)12(10)16/h2-5H,6H2,1H3. The lowest BCUT2D eigenvalue weighted by molar-refractivity contribution is -0.141. The average Bonchev–Trinajstić information content (AvgIpc) is 3.08. The van der Waals surface area contributed by atoms with Gasteiger partial charge in [-0.3, -0.25) is 4.68 Å². The van der Waals surface area contributed by atoms with Crippen LogP contribution in [0.2, 0.25) is 10.0 Å². The van der Waals surface area contributed by atoms with Gasteiger partial charge in [0.05, 0.1) is 15.4 Å². The molecular weight excluding hydrogens is 372 g/mol. The van der Waals surface area contributed by atoms with Crippen molar-refractivity contribution in [3.8, 4) is 5.75 Å². The largest absolute Gasteiger partial charge is 0.486 e. The molecule has 0 spiro atoms. The zero-order chi connectivity index (χ0) is 16.8. The topological polar surface area (TPSA) is 27.1 Å². The van der Waals surface area contributed by atoms with Gasteiger partial charge in [0.1, 0.15) is 17.4 Å². The summed E-state index contributed by atoms with van der Waals surface area (Å²) < 4.78 is 45.4. The molecule has 0 N–H and O–H groups in total. The van der Waals surface area contributed by atoms with Crippen molar-refractivity contribution in [2.75, 3.05) is 0 Å². The molecule has 9 heteroatoms. The maximum absolute atomic E-state index is 12.6. The quantitative estimate of drug-likeness (QED) is 0.596. The Morgan fingerprint density at radius 3 is 2.70 bits per heavy atom. The van der Waals surface area contributed by atoms with Crippen molar-refractivity contribution in [3.63, 3.8) is 0 Å². The highest BCUT2D eigenvalue weighted by Crippen LogP contribution is 2.41. The lowest BCUT2D eigenvalue weighted by atomic mass is 10.2. The van der Waals surface area contributed by atoms with E-state index in [9.17, 15) is 13.2 Å². The zero-order valence-corrected chi connectivity index (χ0v) is 13.9. The highest BCUT2D eigenvalue weighted by atomic mass is 35.5. The van der Waals surface area contributed by atoms with Gasteiger partial charge in [-0.25, -0.2) is 0 Å². The van der Waals surface area contributed by atoms with Crippen LogP contribution in [0.3, 0.4) is 0 Å². The molecule has 0 atom stereocenters. The summed E-state index contributed by atoms with van der Waals surface area (Å²) in [6.07, 6.45) is -4.49. The van der Waals surface area contributed by atoms with Gasteiger partial charge in [-0.2, -0.15) is 18.3 Å². The lowest BCUT2D eigenvalue weighted by Crippen LogP contribution is -2.06. The van der Waals surface area contributed by atoms with E-state index in [0.29, 0.717) is 15.8 Å². The van der Waals surface area contributed by atoms with Gasteiger partial charge in [-0.15, -0.1) is 11.3 Å². The first-order valence-electron chi connectivity index (χ1n) is 6.35. The fourth-order valence-electron chi connectivity index (χ4n) is 2.07. The van der Waals surface area contributed by atoms with Crippen LogP contribution in [0.15, 0.2) is 23.6 Å². The van der Waals surface area contributed by atoms with E-state index in [2.05, 4.69) is 5.10 Å². The molecule has 2 aromatic heterocycles. The summed E-state index contributed by atoms with van der Waals surface area (Å²) in [6.45, 7) is -0.105. The van der Waals surface area contributed by atoms with Gasteiger partial charge in [0.2, 0.25) is 0 Å². The molecule has 0 aliphatic heterocycles. The number of aryl methyl sites for hydroxylation is 1. The van der Waals surface area contributed by atoms with E-state index in [-0.39, 0.29) is 12.3 Å². The molecule has 0 aliphatic carbocycles. The normalized spacial score (nSPS) is 12.1. The molecule has 0 unspecified atom stereocenters. The molecule has 0 saturated carbocycles. The van der Waals surface area contributed by atoms with Gasteiger partial charge < -0.3 is 4.74 Å². The van der Waals surface area contributed by atoms with Gasteiger partial charge in [0.15, 0.2) is 5.69 Å². The lowest BCUT2D eigenvalue weighted by Gasteiger charge is -2.09. The minimum atomic E-state index is -4.49. The van der Waals surface area contributed by atoms with Crippen LogP contribution in [0, 0.1) is 0 Å². The molecule has 1 aromatic carbocycles. The number of alkyl halides is 3. The molecule has 0 fully saturated rings. The van der Waals surface area contributed by atoms with Crippen molar-refractivity contribution < 1.29 is 17.9 Å². The number of rotatable bonds is 3. The van der Waals surface area contributed by atoms with Gasteiger partial charge in [-0.1, -0.05) is 23.2 Å². The Kier molecular flexibility index (Phi) is 4.20. The second kappa shape index (κ2) is 5.89. The number of halogens is 5. The summed E-state index contributed by atoms with van der Waals surface area (Å²) in [5.74, 6) is 0.321. The summed E-state index contributed by atoms with van der Waals surface area (Å²) in [5, 5.41) is 6.95. The van der Waals surface area contributed by atoms with Crippen molar-refractivity contribution in [1.82, 2.24) is 9.78 Å². The van der Waals surface area contributed by atoms with Crippen LogP contribution in [-0.2, 0) is 19.8 Å². The average molecular weight is 381 g/mol. The van der Waals surface area contributed by atoms with E-state index in [4.69, 9.17) is 27.9 Å². The molecule has 122 valence electrons. The van der Waals surface area contributed by atoms with Gasteiger partial charge in [0.25, 0.3) is 0 Å². The second-order valence-corrected chi connectivity index (χ2v) is 6.47. The Labute approximate surface area is 143 Å². The third kappa shape index (κ3) is 3.13. The van der Waals surface area contributed by atoms with Gasteiger partial charge in [0, 0.05) is 18.5 Å². The van der Waals surface area contributed by atoms with Crippen molar-refractivity contribution in [1.29, 1.82) is 0 Å². The Morgan fingerprint density at radius 1 is 1.30 bits per heavy atom. The first-order valence-corrected chi connectivity index (χ1v) is 7.99. The third-order valence-electron chi connectivity index (χ3n) is 3.24. The van der Waals surface area contributed by atoms with Gasteiger partial charge in [-0.05, 0) is 17.5 Å². The predicted molar refractivity (Wildman–Crippen MR) is 84.4 cm³/mol. The summed E-state index contributed by atoms with van der Waals surface area (Å²) >= 11 is 13.8. The van der Waals surface area contributed by atoms with Crippen LogP contribution in [-0.4, -0.2) is 9.78 Å². The molecular formula is C14H9Cl2F3N2OS. The minimum Gasteiger partial charge on any atom is -0.486 e. The molecule has 2 heterocycles. The zero-order valence-electron chi connectivity index (χ0n) is 11.6. The number of hydrogen-bond acceptors (Lipinski definition) is 3. The molecule has 3 nitrogen and oxygen atoms in total. The van der Waals surface area contributed by atoms with Crippen molar-refractivity contribution in [2.45, 2.75) is 12.8 Å². The predicted octanol–water partition coefficient (Wildman–Crippen LogP) is 5.54. The summed E-state index contributed by atoms with van der Waals surface area (Å²) in [5.41, 5.74) is -0.688. The fourth-order valence-corrected chi connectivity index (χ4v) is 3.58. The van der Waals surface area contributed by atoms with Crippen LogP contribution in [0.1, 0.15) is 11.4 Å². The number of ether oxygens (including phenoxy) is 1. The Balaban J connectivity index is 1.87. The molecule has 0 amide bonds. The monoisotopic (exact) mass is 380 g/mol. The summed E-state index contributed by atoms with van der Waals surface area (Å²) in [6, 6.07) is 4.34. The van der Waals surface area contributed by atoms with E-state index in [1.807, 2.05) is 11.4 Å². The van der Waals surface area contributed by atoms with Crippen molar-refractivity contribution >= 4 is 44.6 Å². The number of benzene rings is 1. The maximum Gasteiger partial charge on any atom is 0.435 e. The van der Waals surface area contributed by atoms with Crippen LogP contribution >= 0.6 is 34.5 Å². The molecule has 0 bridgehead atoms. The summed E-state index contributed by atoms with van der Waals surface area (Å²) in [4.78, 5) is 0. The second-order valence-electron chi connectivity index (χ2n) is 4.76. The van der Waals surface area contributed by atoms with E-state index in [0.717, 1.165) is 20.8 Å². The van der Waals surface area contributed by atoms with E-state index in [1.54, 1.807) is 6.07 Å². The third-order valence-corrected chi connectivity index (χ3v) is 4.97. The van der Waals surface area contributed by atoms with Crippen LogP contribution in [0.4, 0.5) is 13.2 Å². The molecule has 3 aromatic rings. The van der Waals surface area contributed by atoms with E-state index in [1.165, 1.54) is 18.4 Å². The van der Waals surface area contributed by atoms with E-state index < -0.39 is 11.9 Å². The highest BCUT2D eigenvalue weighted by molar-refractivity contribution is 7.18. The number of aromatic nitrogens is 2. The SMILES string of the molecule is Cn1nc(C(F)(F)F)cc1COc1cc(Cl)c2ccsc2c1Cl. The smallest absolute Gasteiger partial charge is 0.435 e. The highest BCUT2D eigenvalue weighted by Gasteiger charge is 2.34. The number of nitrogens with zero attached hydrogens (tertiary/aromatic N) is 2. The van der Waals surface area contributed by atoms with Crippen LogP contribution < -0.4 is 4.74 Å². The van der Waals surface area contributed by atoms with Crippen molar-refractivity contribution in [2.24, 2.45) is 7.05 Å². The van der Waals surface area contributed by atoms with E-state index >= 15 is 0 Å². The van der Waals surface area contributed by atoms with Crippen molar-refractivity contribution in [3.05, 3.63) is 45.0 Å². The number of hydrogen-bond donors (Lipinski definition) is 0. The molecule has 23 heavy (non-hydrogen) atoms. The number of thiophene rings is 1. The molecule has 0 aliphatic rings. The molecule has 0 saturated heterocycles. The van der Waals surface area contributed by atoms with Crippen LogP contribution in [0.25, 0.3) is 10.1 Å². The Bertz CT molecular complexity index is 873. The Hall–Kier alpha value is -1.44. The van der Waals surface area contributed by atoms with Crippen LogP contribution in [0.5, 0.6) is 5.75 Å². The maximum atomic E-state index is 12.6. The molecule has 0 radical (unpaired) electrons. The summed E-state index contributed by atoms with van der Waals surface area (Å²) in [7, 11) is 1.42. The first kappa shape index (κ1) is 16.4. The first-order chi connectivity index (χ1) is 10.8. The minimum absolute atomic E-state index is 0.105. The fraction of sp³-hybridized carbons (Fsp3) is 0.214. The Morgan fingerprint density at radius 2 is 2.04 bits per heavy atom. The van der Waals surface area contributed by atoms with Gasteiger partial charge >= 0.3 is 6.18 Å².